The van der Waals surface area contributed by atoms with Gasteiger partial charge in [0.05, 0.1) is 12.6 Å². The SMILES string of the molecule is CC(C)(C)OC(=O)N[C@@H]1CCc2cc(NC[C@](O)(c3cc(Cl)cc(Cl)c3)C(F)(F)F)ccc21. The van der Waals surface area contributed by atoms with Crippen LogP contribution in [0.5, 0.6) is 0 Å². The van der Waals surface area contributed by atoms with Gasteiger partial charge < -0.3 is 20.5 Å². The second kappa shape index (κ2) is 9.24. The van der Waals surface area contributed by atoms with Crippen LogP contribution in [0.2, 0.25) is 10.0 Å². The van der Waals surface area contributed by atoms with Crippen molar-refractivity contribution >= 4 is 35.0 Å². The second-order valence-corrected chi connectivity index (χ2v) is 9.89. The van der Waals surface area contributed by atoms with Crippen molar-refractivity contribution in [2.45, 2.75) is 57.0 Å². The summed E-state index contributed by atoms with van der Waals surface area (Å²) in [7, 11) is 0. The van der Waals surface area contributed by atoms with Crippen molar-refractivity contribution in [1.29, 1.82) is 0 Å². The Labute approximate surface area is 200 Å². The minimum Gasteiger partial charge on any atom is -0.444 e. The molecule has 33 heavy (non-hydrogen) atoms. The number of carbonyl (C=O) groups excluding carboxylic acids is 1. The third-order valence-electron chi connectivity index (χ3n) is 5.27. The third-order valence-corrected chi connectivity index (χ3v) is 5.71. The summed E-state index contributed by atoms with van der Waals surface area (Å²) in [5.74, 6) is 0. The van der Waals surface area contributed by atoms with Crippen molar-refractivity contribution < 1.29 is 27.8 Å². The molecule has 1 aliphatic carbocycles. The first-order chi connectivity index (χ1) is 15.2. The molecule has 0 heterocycles. The molecule has 0 aliphatic heterocycles. The lowest BCUT2D eigenvalue weighted by Gasteiger charge is -2.32. The maximum atomic E-state index is 13.8. The quantitative estimate of drug-likeness (QED) is 0.442. The Morgan fingerprint density at radius 3 is 2.33 bits per heavy atom. The molecule has 10 heteroatoms. The molecule has 0 spiro atoms. The highest BCUT2D eigenvalue weighted by Gasteiger charge is 2.55. The van der Waals surface area contributed by atoms with Crippen molar-refractivity contribution in [3.63, 3.8) is 0 Å². The van der Waals surface area contributed by atoms with Gasteiger partial charge >= 0.3 is 12.3 Å². The fourth-order valence-electron chi connectivity index (χ4n) is 3.72. The zero-order valence-corrected chi connectivity index (χ0v) is 19.8. The molecule has 0 unspecified atom stereocenters. The first kappa shape index (κ1) is 25.5. The summed E-state index contributed by atoms with van der Waals surface area (Å²) in [5, 5.41) is 16.1. The van der Waals surface area contributed by atoms with Gasteiger partial charge in [0.25, 0.3) is 0 Å². The molecule has 0 saturated carbocycles. The van der Waals surface area contributed by atoms with Crippen molar-refractivity contribution in [1.82, 2.24) is 5.32 Å². The maximum Gasteiger partial charge on any atom is 0.423 e. The van der Waals surface area contributed by atoms with Gasteiger partial charge in [-0.2, -0.15) is 13.2 Å². The summed E-state index contributed by atoms with van der Waals surface area (Å²) in [5.41, 5.74) is -2.12. The van der Waals surface area contributed by atoms with Crippen LogP contribution in [-0.2, 0) is 16.8 Å². The normalized spacial score (nSPS) is 17.8. The second-order valence-electron chi connectivity index (χ2n) is 9.02. The predicted octanol–water partition coefficient (Wildman–Crippen LogP) is 6.37. The maximum absolute atomic E-state index is 13.8. The molecule has 0 aromatic heterocycles. The van der Waals surface area contributed by atoms with E-state index in [1.165, 1.54) is 6.07 Å². The molecule has 0 radical (unpaired) electrons. The van der Waals surface area contributed by atoms with Gasteiger partial charge in [0.2, 0.25) is 5.60 Å². The lowest BCUT2D eigenvalue weighted by Crippen LogP contribution is -2.47. The molecule has 0 bridgehead atoms. The molecule has 1 amide bonds. The molecular formula is C23H25Cl2F3N2O3. The number of aliphatic hydroxyl groups is 1. The number of amides is 1. The van der Waals surface area contributed by atoms with Gasteiger partial charge in [-0.1, -0.05) is 29.3 Å². The van der Waals surface area contributed by atoms with E-state index in [-0.39, 0.29) is 16.1 Å². The Hall–Kier alpha value is -2.16. The molecule has 2 aromatic carbocycles. The Bertz CT molecular complexity index is 1020. The van der Waals surface area contributed by atoms with E-state index in [1.807, 2.05) is 0 Å². The highest BCUT2D eigenvalue weighted by atomic mass is 35.5. The number of fused-ring (bicyclic) bond motifs is 1. The average Bonchev–Trinajstić information content (AvgIpc) is 3.04. The Morgan fingerprint density at radius 2 is 1.76 bits per heavy atom. The van der Waals surface area contributed by atoms with Gasteiger partial charge in [0.15, 0.2) is 0 Å². The predicted molar refractivity (Wildman–Crippen MR) is 122 cm³/mol. The largest absolute Gasteiger partial charge is 0.444 e. The zero-order valence-electron chi connectivity index (χ0n) is 18.3. The van der Waals surface area contributed by atoms with Crippen LogP contribution in [-0.4, -0.2) is 29.5 Å². The summed E-state index contributed by atoms with van der Waals surface area (Å²) in [6, 6.07) is 8.19. The van der Waals surface area contributed by atoms with Crippen LogP contribution in [0.4, 0.5) is 23.7 Å². The minimum absolute atomic E-state index is 0.0127. The highest BCUT2D eigenvalue weighted by Crippen LogP contribution is 2.41. The number of anilines is 1. The van der Waals surface area contributed by atoms with Crippen LogP contribution in [0, 0.1) is 0 Å². The summed E-state index contributed by atoms with van der Waals surface area (Å²) < 4.78 is 46.8. The van der Waals surface area contributed by atoms with Gasteiger partial charge in [0, 0.05) is 15.7 Å². The number of halogens is 5. The molecular weight excluding hydrogens is 480 g/mol. The fraction of sp³-hybridized carbons (Fsp3) is 0.435. The van der Waals surface area contributed by atoms with E-state index >= 15 is 0 Å². The molecule has 0 saturated heterocycles. The van der Waals surface area contributed by atoms with Crippen molar-refractivity contribution in [2.24, 2.45) is 0 Å². The van der Waals surface area contributed by atoms with Gasteiger partial charge in [-0.3, -0.25) is 0 Å². The molecule has 5 nitrogen and oxygen atoms in total. The van der Waals surface area contributed by atoms with E-state index in [0.29, 0.717) is 18.5 Å². The van der Waals surface area contributed by atoms with Gasteiger partial charge in [-0.15, -0.1) is 0 Å². The standard InChI is InChI=1S/C23H25Cl2F3N2O3/c1-21(2,3)33-20(31)30-19-7-4-13-8-17(5-6-18(13)19)29-12-22(32,23(26,27)28)14-9-15(24)11-16(25)10-14/h5-6,8-11,19,29,32H,4,7,12H2,1-3H3,(H,30,31)/t19-,22+/m1/s1. The topological polar surface area (TPSA) is 70.6 Å². The molecule has 1 aliphatic rings. The summed E-state index contributed by atoms with van der Waals surface area (Å²) >= 11 is 11.7. The van der Waals surface area contributed by atoms with Crippen molar-refractivity contribution in [3.05, 3.63) is 63.1 Å². The molecule has 2 aromatic rings. The van der Waals surface area contributed by atoms with Gasteiger partial charge in [-0.25, -0.2) is 4.79 Å². The third kappa shape index (κ3) is 6.05. The number of alkyl carbamates (subject to hydrolysis) is 1. The van der Waals surface area contributed by atoms with E-state index in [2.05, 4.69) is 10.6 Å². The average molecular weight is 505 g/mol. The number of carbonyl (C=O) groups is 1. The first-order valence-electron chi connectivity index (χ1n) is 10.3. The van der Waals surface area contributed by atoms with Crippen molar-refractivity contribution in [3.8, 4) is 0 Å². The van der Waals surface area contributed by atoms with E-state index in [9.17, 15) is 23.1 Å². The van der Waals surface area contributed by atoms with Crippen LogP contribution >= 0.6 is 23.2 Å². The number of rotatable bonds is 5. The number of benzene rings is 2. The first-order valence-corrected chi connectivity index (χ1v) is 11.1. The number of hydrogen-bond donors (Lipinski definition) is 3. The molecule has 3 N–H and O–H groups in total. The molecule has 0 fully saturated rings. The minimum atomic E-state index is -4.98. The van der Waals surface area contributed by atoms with Crippen LogP contribution in [0.1, 0.15) is 49.9 Å². The lowest BCUT2D eigenvalue weighted by molar-refractivity contribution is -0.260. The fourth-order valence-corrected chi connectivity index (χ4v) is 4.24. The smallest absolute Gasteiger partial charge is 0.423 e. The van der Waals surface area contributed by atoms with E-state index in [1.54, 1.807) is 39.0 Å². The summed E-state index contributed by atoms with van der Waals surface area (Å²) in [4.78, 5) is 12.1. The Morgan fingerprint density at radius 1 is 1.12 bits per heavy atom. The highest BCUT2D eigenvalue weighted by molar-refractivity contribution is 6.34. The zero-order chi connectivity index (χ0) is 24.6. The van der Waals surface area contributed by atoms with Gasteiger partial charge in [0.1, 0.15) is 5.60 Å². The molecule has 3 rings (SSSR count). The number of alkyl halides is 3. The number of nitrogens with one attached hydrogen (secondary N) is 2. The lowest BCUT2D eigenvalue weighted by atomic mass is 9.92. The van der Waals surface area contributed by atoms with E-state index in [0.717, 1.165) is 23.3 Å². The monoisotopic (exact) mass is 504 g/mol. The molecule has 180 valence electrons. The van der Waals surface area contributed by atoms with Crippen LogP contribution < -0.4 is 10.6 Å². The van der Waals surface area contributed by atoms with Crippen LogP contribution in [0.3, 0.4) is 0 Å². The molecule has 2 atom stereocenters. The van der Waals surface area contributed by atoms with E-state index < -0.39 is 35.6 Å². The van der Waals surface area contributed by atoms with Crippen LogP contribution in [0.25, 0.3) is 0 Å². The number of hydrogen-bond acceptors (Lipinski definition) is 4. The summed E-state index contributed by atoms with van der Waals surface area (Å²) in [6.07, 6.45) is -4.23. The van der Waals surface area contributed by atoms with E-state index in [4.69, 9.17) is 27.9 Å². The number of aryl methyl sites for hydroxylation is 1. The van der Waals surface area contributed by atoms with Crippen LogP contribution in [0.15, 0.2) is 36.4 Å². The summed E-state index contributed by atoms with van der Waals surface area (Å²) in [6.45, 7) is 4.47. The Kier molecular flexibility index (Phi) is 7.13. The van der Waals surface area contributed by atoms with Crippen molar-refractivity contribution in [2.75, 3.05) is 11.9 Å². The Balaban J connectivity index is 1.76. The van der Waals surface area contributed by atoms with Gasteiger partial charge in [-0.05, 0) is 80.6 Å². The number of ether oxygens (including phenoxy) is 1.